The van der Waals surface area contributed by atoms with Crippen molar-refractivity contribution in [1.82, 2.24) is 15.2 Å². The largest absolute Gasteiger partial charge is 0.376 e. The van der Waals surface area contributed by atoms with Crippen LogP contribution >= 0.6 is 11.6 Å². The number of aryl methyl sites for hydroxylation is 1. The van der Waals surface area contributed by atoms with Crippen molar-refractivity contribution in [2.24, 2.45) is 12.9 Å². The van der Waals surface area contributed by atoms with Crippen molar-refractivity contribution < 1.29 is 4.74 Å². The number of nitrogens with zero attached hydrogens (tertiary/aromatic N) is 2. The Hall–Kier alpha value is -0.620. The number of hydrogen-bond donors (Lipinski definition) is 2. The number of rotatable bonds is 4. The summed E-state index contributed by atoms with van der Waals surface area (Å²) < 4.78 is 7.36. The van der Waals surface area contributed by atoms with Gasteiger partial charge in [0.05, 0.1) is 28.6 Å². The summed E-state index contributed by atoms with van der Waals surface area (Å²) in [6.45, 7) is 0. The van der Waals surface area contributed by atoms with E-state index in [9.17, 15) is 0 Å². The number of aromatic nitrogens is 2. The van der Waals surface area contributed by atoms with E-state index < -0.39 is 0 Å². The fourth-order valence-corrected chi connectivity index (χ4v) is 2.64. The highest BCUT2D eigenvalue weighted by Crippen LogP contribution is 2.45. The smallest absolute Gasteiger partial charge is 0.0933 e. The molecule has 0 amide bonds. The number of hydrogen-bond acceptors (Lipinski definition) is 4. The highest BCUT2D eigenvalue weighted by Gasteiger charge is 2.46. The standard InChI is InChI=1S/C10H17ClN4O/c1-15-8(7(11)6-13-15)9(14-12)10(16-2)4-3-5-10/h6,9,14H,3-5,12H2,1-2H3. The Bertz CT molecular complexity index is 350. The third-order valence-electron chi connectivity index (χ3n) is 3.51. The SMILES string of the molecule is COC1(C(NN)c2c(Cl)cnn2C)CCC1. The number of halogens is 1. The minimum absolute atomic E-state index is 0.119. The first-order chi connectivity index (χ1) is 7.64. The van der Waals surface area contributed by atoms with E-state index in [4.69, 9.17) is 22.2 Å². The van der Waals surface area contributed by atoms with Crippen LogP contribution in [0.4, 0.5) is 0 Å². The first-order valence-corrected chi connectivity index (χ1v) is 5.71. The van der Waals surface area contributed by atoms with Gasteiger partial charge in [-0.25, -0.2) is 5.43 Å². The average molecular weight is 245 g/mol. The van der Waals surface area contributed by atoms with Crippen molar-refractivity contribution in [3.63, 3.8) is 0 Å². The molecular weight excluding hydrogens is 228 g/mol. The number of hydrazine groups is 1. The van der Waals surface area contributed by atoms with Crippen LogP contribution in [0.25, 0.3) is 0 Å². The predicted octanol–water partition coefficient (Wildman–Crippen LogP) is 1.15. The van der Waals surface area contributed by atoms with Gasteiger partial charge >= 0.3 is 0 Å². The second-order valence-corrected chi connectivity index (χ2v) is 4.63. The molecule has 1 saturated carbocycles. The minimum atomic E-state index is -0.244. The number of methoxy groups -OCH3 is 1. The van der Waals surface area contributed by atoms with Crippen molar-refractivity contribution in [1.29, 1.82) is 0 Å². The number of ether oxygens (including phenoxy) is 1. The third kappa shape index (κ3) is 1.64. The predicted molar refractivity (Wildman–Crippen MR) is 61.9 cm³/mol. The van der Waals surface area contributed by atoms with Crippen LogP contribution in [0, 0.1) is 0 Å². The van der Waals surface area contributed by atoms with Gasteiger partial charge in [0, 0.05) is 14.2 Å². The molecule has 6 heteroatoms. The van der Waals surface area contributed by atoms with Crippen LogP contribution in [0.5, 0.6) is 0 Å². The van der Waals surface area contributed by atoms with Crippen molar-refractivity contribution in [3.05, 3.63) is 16.9 Å². The lowest BCUT2D eigenvalue weighted by molar-refractivity contribution is -0.101. The van der Waals surface area contributed by atoms with Gasteiger partial charge in [-0.2, -0.15) is 5.10 Å². The Labute approximate surface area is 99.9 Å². The lowest BCUT2D eigenvalue weighted by Crippen LogP contribution is -2.53. The van der Waals surface area contributed by atoms with Crippen LogP contribution in [0.1, 0.15) is 31.0 Å². The molecule has 1 aromatic heterocycles. The molecule has 16 heavy (non-hydrogen) atoms. The molecule has 0 spiro atoms. The van der Waals surface area contributed by atoms with Gasteiger partial charge in [0.25, 0.3) is 0 Å². The Morgan fingerprint density at radius 2 is 2.38 bits per heavy atom. The lowest BCUT2D eigenvalue weighted by Gasteiger charge is -2.46. The molecule has 2 rings (SSSR count). The molecule has 1 aromatic rings. The van der Waals surface area contributed by atoms with Gasteiger partial charge in [-0.05, 0) is 19.3 Å². The van der Waals surface area contributed by atoms with E-state index in [0.29, 0.717) is 5.02 Å². The molecule has 5 nitrogen and oxygen atoms in total. The molecule has 0 aromatic carbocycles. The van der Waals surface area contributed by atoms with E-state index in [0.717, 1.165) is 25.0 Å². The van der Waals surface area contributed by atoms with Crippen LogP contribution in [0.2, 0.25) is 5.02 Å². The Morgan fingerprint density at radius 1 is 1.69 bits per heavy atom. The van der Waals surface area contributed by atoms with Crippen LogP contribution < -0.4 is 11.3 Å². The first-order valence-electron chi connectivity index (χ1n) is 5.33. The van der Waals surface area contributed by atoms with Gasteiger partial charge in [-0.3, -0.25) is 10.5 Å². The quantitative estimate of drug-likeness (QED) is 0.616. The molecule has 90 valence electrons. The second-order valence-electron chi connectivity index (χ2n) is 4.22. The molecule has 0 bridgehead atoms. The molecule has 3 N–H and O–H groups in total. The molecule has 1 atom stereocenters. The molecule has 0 saturated heterocycles. The minimum Gasteiger partial charge on any atom is -0.376 e. The molecule has 1 unspecified atom stereocenters. The summed E-state index contributed by atoms with van der Waals surface area (Å²) in [5.41, 5.74) is 3.45. The highest BCUT2D eigenvalue weighted by molar-refractivity contribution is 6.31. The van der Waals surface area contributed by atoms with Crippen LogP contribution in [-0.2, 0) is 11.8 Å². The van der Waals surface area contributed by atoms with Gasteiger partial charge in [-0.15, -0.1) is 0 Å². The zero-order valence-electron chi connectivity index (χ0n) is 9.53. The lowest BCUT2D eigenvalue weighted by atomic mass is 9.73. The molecule has 1 heterocycles. The third-order valence-corrected chi connectivity index (χ3v) is 3.80. The van der Waals surface area contributed by atoms with E-state index in [-0.39, 0.29) is 11.6 Å². The Morgan fingerprint density at radius 3 is 2.69 bits per heavy atom. The summed E-state index contributed by atoms with van der Waals surface area (Å²) in [4.78, 5) is 0. The van der Waals surface area contributed by atoms with Crippen molar-refractivity contribution in [2.75, 3.05) is 7.11 Å². The maximum Gasteiger partial charge on any atom is 0.0933 e. The van der Waals surface area contributed by atoms with Gasteiger partial charge in [0.15, 0.2) is 0 Å². The molecular formula is C10H17ClN4O. The summed E-state index contributed by atoms with van der Waals surface area (Å²) in [6, 6.07) is -0.119. The van der Waals surface area contributed by atoms with Gasteiger partial charge in [-0.1, -0.05) is 11.6 Å². The van der Waals surface area contributed by atoms with Crippen molar-refractivity contribution >= 4 is 11.6 Å². The fraction of sp³-hybridized carbons (Fsp3) is 0.700. The van der Waals surface area contributed by atoms with E-state index >= 15 is 0 Å². The van der Waals surface area contributed by atoms with Crippen LogP contribution in [-0.4, -0.2) is 22.5 Å². The fourth-order valence-electron chi connectivity index (χ4n) is 2.36. The second kappa shape index (κ2) is 4.33. The Kier molecular flexibility index (Phi) is 3.21. The maximum absolute atomic E-state index is 6.13. The number of nitrogens with one attached hydrogen (secondary N) is 1. The van der Waals surface area contributed by atoms with Crippen LogP contribution in [0.3, 0.4) is 0 Å². The van der Waals surface area contributed by atoms with E-state index in [1.165, 1.54) is 0 Å². The summed E-state index contributed by atoms with van der Waals surface area (Å²) in [5, 5.41) is 4.74. The summed E-state index contributed by atoms with van der Waals surface area (Å²) >= 11 is 6.13. The normalized spacial score (nSPS) is 20.5. The van der Waals surface area contributed by atoms with E-state index in [1.807, 2.05) is 7.05 Å². The highest BCUT2D eigenvalue weighted by atomic mass is 35.5. The summed E-state index contributed by atoms with van der Waals surface area (Å²) in [6.07, 6.45) is 4.75. The molecule has 1 aliphatic rings. The Balaban J connectivity index is 2.36. The zero-order valence-corrected chi connectivity index (χ0v) is 10.3. The monoisotopic (exact) mass is 244 g/mol. The zero-order chi connectivity index (χ0) is 11.8. The summed E-state index contributed by atoms with van der Waals surface area (Å²) in [5.74, 6) is 5.64. The molecule has 1 aliphatic carbocycles. The molecule has 0 aliphatic heterocycles. The van der Waals surface area contributed by atoms with Crippen LogP contribution in [0.15, 0.2) is 6.20 Å². The molecule has 0 radical (unpaired) electrons. The average Bonchev–Trinajstić information content (AvgIpc) is 2.53. The van der Waals surface area contributed by atoms with Gasteiger partial charge < -0.3 is 4.74 Å². The van der Waals surface area contributed by atoms with Gasteiger partial charge in [0.2, 0.25) is 0 Å². The van der Waals surface area contributed by atoms with Crippen molar-refractivity contribution in [3.8, 4) is 0 Å². The van der Waals surface area contributed by atoms with E-state index in [1.54, 1.807) is 18.0 Å². The van der Waals surface area contributed by atoms with Gasteiger partial charge in [0.1, 0.15) is 0 Å². The van der Waals surface area contributed by atoms with Crippen molar-refractivity contribution in [2.45, 2.75) is 30.9 Å². The maximum atomic E-state index is 6.13. The number of nitrogens with two attached hydrogens (primary N) is 1. The first kappa shape index (κ1) is 11.9. The summed E-state index contributed by atoms with van der Waals surface area (Å²) in [7, 11) is 3.57. The van der Waals surface area contributed by atoms with E-state index in [2.05, 4.69) is 10.5 Å². The molecule has 1 fully saturated rings. The topological polar surface area (TPSA) is 65.1 Å².